The highest BCUT2D eigenvalue weighted by molar-refractivity contribution is 8.02. The monoisotopic (exact) mass is 413 g/mol. The number of benzene rings is 2. The summed E-state index contributed by atoms with van der Waals surface area (Å²) in [6.45, 7) is 1.60. The minimum atomic E-state index is -0.404. The second-order valence-electron chi connectivity index (χ2n) is 6.68. The number of fused-ring (bicyclic) bond motifs is 1. The van der Waals surface area contributed by atoms with Crippen molar-refractivity contribution < 1.29 is 9.72 Å². The van der Waals surface area contributed by atoms with E-state index >= 15 is 0 Å². The Morgan fingerprint density at radius 1 is 1.14 bits per heavy atom. The Hall–Kier alpha value is -2.45. The maximum atomic E-state index is 13.3. The highest BCUT2D eigenvalue weighted by Crippen LogP contribution is 2.41. The zero-order chi connectivity index (χ0) is 19.5. The van der Waals surface area contributed by atoms with E-state index in [9.17, 15) is 14.9 Å². The molecule has 1 aliphatic rings. The molecule has 1 amide bonds. The quantitative estimate of drug-likeness (QED) is 0.332. The molecule has 28 heavy (non-hydrogen) atoms. The van der Waals surface area contributed by atoms with Crippen LogP contribution >= 0.6 is 23.1 Å². The van der Waals surface area contributed by atoms with E-state index in [4.69, 9.17) is 0 Å². The summed E-state index contributed by atoms with van der Waals surface area (Å²) in [5.74, 6) is 0.112. The molecular formula is C20H19N3O3S2. The number of nitrogens with zero attached hydrogens (tertiary/aromatic N) is 3. The molecule has 0 saturated carbocycles. The number of thiazole rings is 1. The van der Waals surface area contributed by atoms with Gasteiger partial charge in [-0.1, -0.05) is 42.1 Å². The first kappa shape index (κ1) is 18.9. The van der Waals surface area contributed by atoms with Crippen LogP contribution in [0.3, 0.4) is 0 Å². The van der Waals surface area contributed by atoms with Gasteiger partial charge in [-0.05, 0) is 30.9 Å². The highest BCUT2D eigenvalue weighted by atomic mass is 32.2. The number of hydrogen-bond acceptors (Lipinski definition) is 6. The average Bonchev–Trinajstić information content (AvgIpc) is 3.14. The molecule has 1 aromatic heterocycles. The van der Waals surface area contributed by atoms with Crippen LogP contribution in [0.4, 0.5) is 5.69 Å². The zero-order valence-corrected chi connectivity index (χ0v) is 16.7. The number of hydrogen-bond donors (Lipinski definition) is 0. The lowest BCUT2D eigenvalue weighted by Crippen LogP contribution is -2.38. The molecule has 2 heterocycles. The lowest BCUT2D eigenvalue weighted by atomic mass is 10.1. The number of aromatic nitrogens is 1. The summed E-state index contributed by atoms with van der Waals surface area (Å²) in [5.41, 5.74) is 1.72. The smallest absolute Gasteiger partial charge is 0.270 e. The van der Waals surface area contributed by atoms with Crippen LogP contribution in [-0.4, -0.2) is 33.8 Å². The molecule has 0 unspecified atom stereocenters. The predicted octanol–water partition coefficient (Wildman–Crippen LogP) is 5.05. The van der Waals surface area contributed by atoms with Crippen molar-refractivity contribution in [2.75, 3.05) is 13.1 Å². The number of carbonyl (C=O) groups excluding carboxylic acids is 1. The van der Waals surface area contributed by atoms with Gasteiger partial charge in [-0.15, -0.1) is 11.3 Å². The summed E-state index contributed by atoms with van der Waals surface area (Å²) < 4.78 is 1.50. The minimum Gasteiger partial charge on any atom is -0.341 e. The van der Waals surface area contributed by atoms with Crippen molar-refractivity contribution in [2.45, 2.75) is 28.9 Å². The molecule has 6 nitrogen and oxygen atoms in total. The van der Waals surface area contributed by atoms with E-state index < -0.39 is 4.92 Å². The first-order valence-corrected chi connectivity index (χ1v) is 10.9. The van der Waals surface area contributed by atoms with Crippen molar-refractivity contribution in [2.24, 2.45) is 0 Å². The summed E-state index contributed by atoms with van der Waals surface area (Å²) >= 11 is 2.82. The van der Waals surface area contributed by atoms with Crippen molar-refractivity contribution in [3.63, 3.8) is 0 Å². The Morgan fingerprint density at radius 3 is 2.61 bits per heavy atom. The van der Waals surface area contributed by atoms with Crippen LogP contribution in [0.1, 0.15) is 30.1 Å². The number of rotatable bonds is 5. The third-order valence-corrected chi connectivity index (χ3v) is 7.13. The van der Waals surface area contributed by atoms with Crippen LogP contribution in [-0.2, 0) is 4.79 Å². The zero-order valence-electron chi connectivity index (χ0n) is 15.1. The molecule has 4 rings (SSSR count). The normalized spacial score (nSPS) is 15.5. The lowest BCUT2D eigenvalue weighted by Gasteiger charge is -2.30. The lowest BCUT2D eigenvalue weighted by molar-refractivity contribution is -0.384. The van der Waals surface area contributed by atoms with Crippen LogP contribution in [0.2, 0.25) is 0 Å². The number of likely N-dealkylation sites (tertiary alicyclic amines) is 1. The van der Waals surface area contributed by atoms with Gasteiger partial charge in [0.05, 0.1) is 15.1 Å². The van der Waals surface area contributed by atoms with E-state index in [1.165, 1.54) is 35.6 Å². The molecule has 1 saturated heterocycles. The van der Waals surface area contributed by atoms with E-state index in [2.05, 4.69) is 4.98 Å². The molecule has 0 radical (unpaired) electrons. The Bertz CT molecular complexity index is 1000. The summed E-state index contributed by atoms with van der Waals surface area (Å²) in [6, 6.07) is 14.4. The number of nitro groups is 1. The second-order valence-corrected chi connectivity index (χ2v) is 9.07. The maximum Gasteiger partial charge on any atom is 0.270 e. The SMILES string of the molecule is O=C([C@H](Sc1nc2ccc([N+](=O)[O-])cc2s1)c1ccccc1)N1CCCCC1. The number of nitro benzene ring substituents is 1. The van der Waals surface area contributed by atoms with Crippen LogP contribution in [0, 0.1) is 10.1 Å². The van der Waals surface area contributed by atoms with E-state index in [0.717, 1.165) is 46.1 Å². The summed E-state index contributed by atoms with van der Waals surface area (Å²) in [7, 11) is 0. The Balaban J connectivity index is 1.64. The van der Waals surface area contributed by atoms with Gasteiger partial charge in [-0.2, -0.15) is 0 Å². The van der Waals surface area contributed by atoms with Crippen LogP contribution in [0.25, 0.3) is 10.2 Å². The number of thioether (sulfide) groups is 1. The third kappa shape index (κ3) is 4.02. The molecule has 0 aliphatic carbocycles. The van der Waals surface area contributed by atoms with Crippen molar-refractivity contribution >= 4 is 44.9 Å². The fourth-order valence-corrected chi connectivity index (χ4v) is 5.70. The van der Waals surface area contributed by atoms with Gasteiger partial charge < -0.3 is 4.90 Å². The highest BCUT2D eigenvalue weighted by Gasteiger charge is 2.29. The van der Waals surface area contributed by atoms with Crippen molar-refractivity contribution in [1.82, 2.24) is 9.88 Å². The van der Waals surface area contributed by atoms with Crippen LogP contribution in [0.15, 0.2) is 52.9 Å². The third-order valence-electron chi connectivity index (χ3n) is 4.78. The van der Waals surface area contributed by atoms with E-state index in [0.29, 0.717) is 0 Å². The van der Waals surface area contributed by atoms with Crippen LogP contribution < -0.4 is 0 Å². The van der Waals surface area contributed by atoms with E-state index in [1.54, 1.807) is 12.1 Å². The molecule has 0 spiro atoms. The first-order valence-electron chi connectivity index (χ1n) is 9.17. The van der Waals surface area contributed by atoms with Gasteiger partial charge in [0.25, 0.3) is 5.69 Å². The van der Waals surface area contributed by atoms with Gasteiger partial charge >= 0.3 is 0 Å². The fraction of sp³-hybridized carbons (Fsp3) is 0.300. The molecular weight excluding hydrogens is 394 g/mol. The first-order chi connectivity index (χ1) is 13.6. The minimum absolute atomic E-state index is 0.0525. The molecule has 8 heteroatoms. The topological polar surface area (TPSA) is 76.3 Å². The van der Waals surface area contributed by atoms with Crippen molar-refractivity contribution in [3.8, 4) is 0 Å². The summed E-state index contributed by atoms with van der Waals surface area (Å²) in [5, 5.41) is 10.6. The number of carbonyl (C=O) groups is 1. The number of piperidine rings is 1. The maximum absolute atomic E-state index is 13.3. The van der Waals surface area contributed by atoms with E-state index in [1.807, 2.05) is 35.2 Å². The Morgan fingerprint density at radius 2 is 1.89 bits per heavy atom. The van der Waals surface area contributed by atoms with Gasteiger partial charge in [-0.25, -0.2) is 4.98 Å². The standard InChI is InChI=1S/C20H19N3O3S2/c24-19(22-11-5-2-6-12-22)18(14-7-3-1-4-8-14)28-20-21-16-10-9-15(23(25)26)13-17(16)27-20/h1,3-4,7-10,13,18H,2,5-6,11-12H2/t18-/m1/s1. The van der Waals surface area contributed by atoms with Gasteiger partial charge in [0.1, 0.15) is 5.25 Å². The fourth-order valence-electron chi connectivity index (χ4n) is 3.33. The molecule has 1 fully saturated rings. The molecule has 1 atom stereocenters. The molecule has 3 aromatic rings. The van der Waals surface area contributed by atoms with Crippen LogP contribution in [0.5, 0.6) is 0 Å². The Kier molecular flexibility index (Phi) is 5.59. The molecule has 0 N–H and O–H groups in total. The van der Waals surface area contributed by atoms with E-state index in [-0.39, 0.29) is 16.8 Å². The van der Waals surface area contributed by atoms with Gasteiger partial charge in [-0.3, -0.25) is 14.9 Å². The second kappa shape index (κ2) is 8.28. The Labute approximate surface area is 170 Å². The summed E-state index contributed by atoms with van der Waals surface area (Å²) in [6.07, 6.45) is 3.26. The number of non-ortho nitro benzene ring substituents is 1. The molecule has 144 valence electrons. The van der Waals surface area contributed by atoms with Gasteiger partial charge in [0.15, 0.2) is 4.34 Å². The average molecular weight is 414 g/mol. The van der Waals surface area contributed by atoms with Gasteiger partial charge in [0, 0.05) is 25.2 Å². The molecule has 1 aliphatic heterocycles. The van der Waals surface area contributed by atoms with Crippen molar-refractivity contribution in [1.29, 1.82) is 0 Å². The molecule has 2 aromatic carbocycles. The van der Waals surface area contributed by atoms with Gasteiger partial charge in [0.2, 0.25) is 5.91 Å². The number of amides is 1. The molecule has 0 bridgehead atoms. The summed E-state index contributed by atoms with van der Waals surface area (Å²) in [4.78, 5) is 30.4. The predicted molar refractivity (Wildman–Crippen MR) is 112 cm³/mol. The van der Waals surface area contributed by atoms with Crippen molar-refractivity contribution in [3.05, 3.63) is 64.2 Å². The largest absolute Gasteiger partial charge is 0.341 e.